The van der Waals surface area contributed by atoms with Crippen LogP contribution in [0, 0.1) is 10.1 Å². The van der Waals surface area contributed by atoms with E-state index in [0.29, 0.717) is 0 Å². The van der Waals surface area contributed by atoms with Crippen molar-refractivity contribution in [1.29, 1.82) is 0 Å². The van der Waals surface area contributed by atoms with Gasteiger partial charge in [-0.15, -0.1) is 0 Å². The number of nitro benzene ring substituents is 1. The van der Waals surface area contributed by atoms with Crippen LogP contribution >= 0.6 is 28.1 Å². The van der Waals surface area contributed by atoms with E-state index in [2.05, 4.69) is 32.1 Å². The largest absolute Gasteiger partial charge is 0.331 e. The molecule has 0 bridgehead atoms. The Morgan fingerprint density at radius 3 is 2.22 bits per heavy atom. The third kappa shape index (κ3) is 5.01. The van der Waals surface area contributed by atoms with Crippen molar-refractivity contribution in [1.82, 2.24) is 10.9 Å². The number of non-ortho nitro benzene ring substituents is 1. The van der Waals surface area contributed by atoms with Gasteiger partial charge in [0.15, 0.2) is 5.11 Å². The SMILES string of the molecule is O=C(NNC(=S)Nc1ccc(Br)cc1)c1ccc([N+](=O)[O-])cc1. The van der Waals surface area contributed by atoms with Crippen LogP contribution in [0.1, 0.15) is 10.4 Å². The van der Waals surface area contributed by atoms with Gasteiger partial charge in [-0.1, -0.05) is 15.9 Å². The Kier molecular flexibility index (Phi) is 5.61. The minimum atomic E-state index is -0.531. The number of hydrazine groups is 1. The number of hydrogen-bond acceptors (Lipinski definition) is 4. The van der Waals surface area contributed by atoms with Crippen molar-refractivity contribution in [2.75, 3.05) is 5.32 Å². The molecule has 0 fully saturated rings. The van der Waals surface area contributed by atoms with Crippen LogP contribution < -0.4 is 16.2 Å². The van der Waals surface area contributed by atoms with Crippen LogP contribution in [0.15, 0.2) is 53.0 Å². The van der Waals surface area contributed by atoms with Crippen molar-refractivity contribution >= 4 is 50.5 Å². The van der Waals surface area contributed by atoms with Crippen LogP contribution in [0.25, 0.3) is 0 Å². The summed E-state index contributed by atoms with van der Waals surface area (Å²) in [6.07, 6.45) is 0. The maximum atomic E-state index is 11.9. The summed E-state index contributed by atoms with van der Waals surface area (Å²) < 4.78 is 0.938. The number of carbonyl (C=O) groups is 1. The summed E-state index contributed by atoms with van der Waals surface area (Å²) in [7, 11) is 0. The summed E-state index contributed by atoms with van der Waals surface area (Å²) in [6, 6.07) is 12.6. The molecule has 1 amide bonds. The number of rotatable bonds is 3. The van der Waals surface area contributed by atoms with E-state index in [9.17, 15) is 14.9 Å². The number of amides is 1. The first-order valence-electron chi connectivity index (χ1n) is 6.33. The zero-order valence-corrected chi connectivity index (χ0v) is 14.0. The van der Waals surface area contributed by atoms with E-state index in [1.54, 1.807) is 0 Å². The molecule has 0 unspecified atom stereocenters. The molecule has 118 valence electrons. The van der Waals surface area contributed by atoms with E-state index in [1.807, 2.05) is 24.3 Å². The van der Waals surface area contributed by atoms with Crippen LogP contribution in [0.3, 0.4) is 0 Å². The fourth-order valence-electron chi connectivity index (χ4n) is 1.62. The van der Waals surface area contributed by atoms with Gasteiger partial charge in [0.25, 0.3) is 11.6 Å². The molecule has 0 aliphatic carbocycles. The van der Waals surface area contributed by atoms with Gasteiger partial charge in [-0.2, -0.15) is 0 Å². The molecule has 2 aromatic carbocycles. The fraction of sp³-hybridized carbons (Fsp3) is 0. The average Bonchev–Trinajstić information content (AvgIpc) is 2.55. The van der Waals surface area contributed by atoms with Gasteiger partial charge < -0.3 is 5.32 Å². The molecule has 0 aliphatic rings. The van der Waals surface area contributed by atoms with Crippen molar-refractivity contribution < 1.29 is 9.72 Å². The molecular weight excluding hydrogens is 384 g/mol. The highest BCUT2D eigenvalue weighted by Gasteiger charge is 2.09. The van der Waals surface area contributed by atoms with Gasteiger partial charge in [0.05, 0.1) is 4.92 Å². The van der Waals surface area contributed by atoms with Gasteiger partial charge in [0, 0.05) is 27.9 Å². The van der Waals surface area contributed by atoms with Gasteiger partial charge in [0.2, 0.25) is 0 Å². The number of benzene rings is 2. The van der Waals surface area contributed by atoms with Crippen molar-refractivity contribution in [3.8, 4) is 0 Å². The van der Waals surface area contributed by atoms with Gasteiger partial charge in [-0.3, -0.25) is 25.8 Å². The monoisotopic (exact) mass is 394 g/mol. The van der Waals surface area contributed by atoms with Gasteiger partial charge in [-0.05, 0) is 48.6 Å². The summed E-state index contributed by atoms with van der Waals surface area (Å²) in [5.41, 5.74) is 5.91. The molecule has 0 aliphatic heterocycles. The molecule has 0 radical (unpaired) electrons. The summed E-state index contributed by atoms with van der Waals surface area (Å²) in [5, 5.41) is 13.7. The van der Waals surface area contributed by atoms with Crippen LogP contribution in [-0.2, 0) is 0 Å². The highest BCUT2D eigenvalue weighted by atomic mass is 79.9. The summed E-state index contributed by atoms with van der Waals surface area (Å²) in [5.74, 6) is -0.458. The highest BCUT2D eigenvalue weighted by Crippen LogP contribution is 2.14. The number of anilines is 1. The van der Waals surface area contributed by atoms with Gasteiger partial charge >= 0.3 is 0 Å². The normalized spacial score (nSPS) is 9.78. The molecule has 0 atom stereocenters. The molecule has 0 aromatic heterocycles. The second kappa shape index (κ2) is 7.65. The van der Waals surface area contributed by atoms with E-state index in [0.717, 1.165) is 10.2 Å². The van der Waals surface area contributed by atoms with Crippen molar-refractivity contribution in [3.05, 3.63) is 68.7 Å². The molecule has 3 N–H and O–H groups in total. The average molecular weight is 395 g/mol. The number of carbonyl (C=O) groups excluding carboxylic acids is 1. The molecule has 2 aromatic rings. The molecule has 7 nitrogen and oxygen atoms in total. The molecule has 2 rings (SSSR count). The Labute approximate surface area is 145 Å². The number of thiocarbonyl (C=S) groups is 1. The third-order valence-corrected chi connectivity index (χ3v) is 3.46. The van der Waals surface area contributed by atoms with E-state index in [-0.39, 0.29) is 16.4 Å². The Balaban J connectivity index is 1.87. The first-order valence-corrected chi connectivity index (χ1v) is 7.53. The molecular formula is C14H11BrN4O3S. The summed E-state index contributed by atoms with van der Waals surface area (Å²) in [4.78, 5) is 21.9. The Morgan fingerprint density at radius 2 is 1.65 bits per heavy atom. The molecule has 23 heavy (non-hydrogen) atoms. The highest BCUT2D eigenvalue weighted by molar-refractivity contribution is 9.10. The van der Waals surface area contributed by atoms with Crippen molar-refractivity contribution in [2.45, 2.75) is 0 Å². The molecule has 0 spiro atoms. The molecule has 0 saturated carbocycles. The van der Waals surface area contributed by atoms with Gasteiger partial charge in [0.1, 0.15) is 0 Å². The van der Waals surface area contributed by atoms with Crippen molar-refractivity contribution in [2.24, 2.45) is 0 Å². The second-order valence-corrected chi connectivity index (χ2v) is 5.67. The third-order valence-electron chi connectivity index (χ3n) is 2.73. The number of nitrogens with zero attached hydrogens (tertiary/aromatic N) is 1. The minimum Gasteiger partial charge on any atom is -0.331 e. The smallest absolute Gasteiger partial charge is 0.269 e. The lowest BCUT2D eigenvalue weighted by Crippen LogP contribution is -2.43. The summed E-state index contributed by atoms with van der Waals surface area (Å²) >= 11 is 8.38. The lowest BCUT2D eigenvalue weighted by molar-refractivity contribution is -0.384. The predicted molar refractivity (Wildman–Crippen MR) is 94.1 cm³/mol. The number of hydrogen-bond donors (Lipinski definition) is 3. The summed E-state index contributed by atoms with van der Waals surface area (Å²) in [6.45, 7) is 0. The van der Waals surface area contributed by atoms with E-state index in [1.165, 1.54) is 24.3 Å². The molecule has 0 heterocycles. The lowest BCUT2D eigenvalue weighted by atomic mass is 10.2. The molecule has 0 saturated heterocycles. The standard InChI is InChI=1S/C14H11BrN4O3S/c15-10-3-5-11(6-4-10)16-14(23)18-17-13(20)9-1-7-12(8-2-9)19(21)22/h1-8H,(H,17,20)(H2,16,18,23). The van der Waals surface area contributed by atoms with Crippen molar-refractivity contribution in [3.63, 3.8) is 0 Å². The first kappa shape index (κ1) is 16.8. The Morgan fingerprint density at radius 1 is 1.04 bits per heavy atom. The Hall–Kier alpha value is -2.52. The maximum Gasteiger partial charge on any atom is 0.269 e. The first-order chi connectivity index (χ1) is 11.0. The number of halogens is 1. The zero-order chi connectivity index (χ0) is 16.8. The minimum absolute atomic E-state index is 0.0815. The van der Waals surface area contributed by atoms with E-state index >= 15 is 0 Å². The topological polar surface area (TPSA) is 96.3 Å². The lowest BCUT2D eigenvalue weighted by Gasteiger charge is -2.11. The van der Waals surface area contributed by atoms with E-state index in [4.69, 9.17) is 12.2 Å². The Bertz CT molecular complexity index is 735. The van der Waals surface area contributed by atoms with Crippen LogP contribution in [0.5, 0.6) is 0 Å². The number of nitro groups is 1. The van der Waals surface area contributed by atoms with Gasteiger partial charge in [-0.25, -0.2) is 0 Å². The van der Waals surface area contributed by atoms with Crippen LogP contribution in [0.4, 0.5) is 11.4 Å². The van der Waals surface area contributed by atoms with Crippen LogP contribution in [-0.4, -0.2) is 15.9 Å². The quantitative estimate of drug-likeness (QED) is 0.420. The van der Waals surface area contributed by atoms with E-state index < -0.39 is 10.8 Å². The number of nitrogens with one attached hydrogen (secondary N) is 3. The predicted octanol–water partition coefficient (Wildman–Crippen LogP) is 2.99. The maximum absolute atomic E-state index is 11.9. The van der Waals surface area contributed by atoms with Crippen LogP contribution in [0.2, 0.25) is 0 Å². The zero-order valence-electron chi connectivity index (χ0n) is 11.6. The fourth-order valence-corrected chi connectivity index (χ4v) is 2.05. The molecule has 9 heteroatoms. The second-order valence-electron chi connectivity index (χ2n) is 4.34.